The summed E-state index contributed by atoms with van der Waals surface area (Å²) < 4.78 is 2.03. The summed E-state index contributed by atoms with van der Waals surface area (Å²) in [7, 11) is 0. The number of amides is 1. The van der Waals surface area contributed by atoms with Gasteiger partial charge in [0.05, 0.1) is 0 Å². The molecule has 2 aliphatic rings. The SMILES string of the molecule is CCNC(=O)c1nnc2n1C[C@H]1CN(Cc3cccs3)C[C@H]1C2. The minimum Gasteiger partial charge on any atom is -0.350 e. The summed E-state index contributed by atoms with van der Waals surface area (Å²) in [5.74, 6) is 2.54. The number of carbonyl (C=O) groups is 1. The van der Waals surface area contributed by atoms with Crippen LogP contribution in [0.5, 0.6) is 0 Å². The minimum absolute atomic E-state index is 0.113. The van der Waals surface area contributed by atoms with Crippen LogP contribution >= 0.6 is 11.3 Å². The van der Waals surface area contributed by atoms with Gasteiger partial charge in [-0.05, 0) is 30.2 Å². The standard InChI is InChI=1S/C16H21N5OS/c1-2-17-16(22)15-19-18-14-6-11-7-20(8-12(11)9-21(14)15)10-13-4-3-5-23-13/h3-5,11-12H,2,6-10H2,1H3,(H,17,22)/t11-,12-/m1/s1. The molecule has 0 aromatic carbocycles. The molecular formula is C16H21N5OS. The average molecular weight is 331 g/mol. The molecule has 2 atom stereocenters. The summed E-state index contributed by atoms with van der Waals surface area (Å²) in [6.45, 7) is 6.64. The van der Waals surface area contributed by atoms with Crippen LogP contribution in [0.1, 0.15) is 28.2 Å². The van der Waals surface area contributed by atoms with E-state index in [0.717, 1.165) is 38.4 Å². The molecular weight excluding hydrogens is 310 g/mol. The highest BCUT2D eigenvalue weighted by atomic mass is 32.1. The molecule has 7 heteroatoms. The zero-order chi connectivity index (χ0) is 15.8. The fourth-order valence-electron chi connectivity index (χ4n) is 3.78. The number of rotatable bonds is 4. The van der Waals surface area contributed by atoms with Crippen molar-refractivity contribution in [2.24, 2.45) is 11.8 Å². The number of hydrogen-bond donors (Lipinski definition) is 1. The van der Waals surface area contributed by atoms with Gasteiger partial charge in [0.15, 0.2) is 0 Å². The van der Waals surface area contributed by atoms with Crippen LogP contribution in [0, 0.1) is 11.8 Å². The first kappa shape index (κ1) is 14.8. The molecule has 0 spiro atoms. The molecule has 4 rings (SSSR count). The van der Waals surface area contributed by atoms with Crippen molar-refractivity contribution in [2.75, 3.05) is 19.6 Å². The van der Waals surface area contributed by atoms with Crippen LogP contribution in [0.2, 0.25) is 0 Å². The third-order valence-corrected chi connectivity index (χ3v) is 5.70. The Bertz CT molecular complexity index is 695. The Morgan fingerprint density at radius 3 is 3.00 bits per heavy atom. The van der Waals surface area contributed by atoms with Crippen molar-refractivity contribution in [2.45, 2.75) is 26.4 Å². The molecule has 1 amide bonds. The van der Waals surface area contributed by atoms with Gasteiger partial charge in [-0.25, -0.2) is 0 Å². The second-order valence-electron chi connectivity index (χ2n) is 6.41. The van der Waals surface area contributed by atoms with E-state index in [9.17, 15) is 4.79 Å². The maximum absolute atomic E-state index is 12.1. The Hall–Kier alpha value is -1.73. The predicted octanol–water partition coefficient (Wildman–Crippen LogP) is 1.39. The van der Waals surface area contributed by atoms with E-state index >= 15 is 0 Å². The molecule has 0 radical (unpaired) electrons. The minimum atomic E-state index is -0.113. The number of aromatic nitrogens is 3. The lowest BCUT2D eigenvalue weighted by Crippen LogP contribution is -2.33. The first-order valence-electron chi connectivity index (χ1n) is 8.19. The van der Waals surface area contributed by atoms with E-state index in [1.807, 2.05) is 22.8 Å². The molecule has 0 saturated carbocycles. The largest absolute Gasteiger partial charge is 0.350 e. The molecule has 1 fully saturated rings. The normalized spacial score (nSPS) is 23.5. The van der Waals surface area contributed by atoms with Gasteiger partial charge in [0.25, 0.3) is 5.91 Å². The molecule has 23 heavy (non-hydrogen) atoms. The average Bonchev–Trinajstić information content (AvgIpc) is 3.23. The lowest BCUT2D eigenvalue weighted by molar-refractivity contribution is 0.0937. The van der Waals surface area contributed by atoms with Gasteiger partial charge >= 0.3 is 0 Å². The number of nitrogens with one attached hydrogen (secondary N) is 1. The molecule has 0 aliphatic carbocycles. The highest BCUT2D eigenvalue weighted by Crippen LogP contribution is 2.33. The lowest BCUT2D eigenvalue weighted by atomic mass is 9.89. The third kappa shape index (κ3) is 2.79. The van der Waals surface area contributed by atoms with Crippen molar-refractivity contribution in [1.29, 1.82) is 0 Å². The van der Waals surface area contributed by atoms with Gasteiger partial charge in [-0.3, -0.25) is 9.69 Å². The molecule has 1 N–H and O–H groups in total. The van der Waals surface area contributed by atoms with E-state index in [4.69, 9.17) is 0 Å². The first-order chi connectivity index (χ1) is 11.2. The van der Waals surface area contributed by atoms with Crippen LogP contribution in [0.4, 0.5) is 0 Å². The van der Waals surface area contributed by atoms with Crippen LogP contribution in [0.3, 0.4) is 0 Å². The van der Waals surface area contributed by atoms with Crippen molar-refractivity contribution in [1.82, 2.24) is 25.0 Å². The Morgan fingerprint density at radius 2 is 2.22 bits per heavy atom. The summed E-state index contributed by atoms with van der Waals surface area (Å²) in [5.41, 5.74) is 0. The molecule has 0 unspecified atom stereocenters. The van der Waals surface area contributed by atoms with Gasteiger partial charge in [-0.2, -0.15) is 0 Å². The number of fused-ring (bicyclic) bond motifs is 2. The van der Waals surface area contributed by atoms with Gasteiger partial charge in [0, 0.05) is 44.0 Å². The van der Waals surface area contributed by atoms with Crippen LogP contribution < -0.4 is 5.32 Å². The van der Waals surface area contributed by atoms with E-state index in [1.165, 1.54) is 4.88 Å². The summed E-state index contributed by atoms with van der Waals surface area (Å²) in [6, 6.07) is 4.32. The van der Waals surface area contributed by atoms with Gasteiger partial charge in [-0.1, -0.05) is 6.07 Å². The Kier molecular flexibility index (Phi) is 3.90. The maximum atomic E-state index is 12.1. The molecule has 122 valence electrons. The fraction of sp³-hybridized carbons (Fsp3) is 0.562. The fourth-order valence-corrected chi connectivity index (χ4v) is 4.53. The molecule has 2 aromatic rings. The summed E-state index contributed by atoms with van der Waals surface area (Å²) >= 11 is 1.82. The Labute approximate surface area is 139 Å². The predicted molar refractivity (Wildman–Crippen MR) is 88.3 cm³/mol. The number of hydrogen-bond acceptors (Lipinski definition) is 5. The van der Waals surface area contributed by atoms with Crippen molar-refractivity contribution in [3.8, 4) is 0 Å². The summed E-state index contributed by atoms with van der Waals surface area (Å²) in [5, 5.41) is 13.3. The quantitative estimate of drug-likeness (QED) is 0.920. The van der Waals surface area contributed by atoms with Crippen LogP contribution in [0.25, 0.3) is 0 Å². The highest BCUT2D eigenvalue weighted by molar-refractivity contribution is 7.09. The molecule has 4 heterocycles. The molecule has 0 bridgehead atoms. The van der Waals surface area contributed by atoms with Gasteiger partial charge in [-0.15, -0.1) is 21.5 Å². The van der Waals surface area contributed by atoms with Gasteiger partial charge in [0.2, 0.25) is 5.82 Å². The van der Waals surface area contributed by atoms with E-state index in [1.54, 1.807) is 0 Å². The summed E-state index contributed by atoms with van der Waals surface area (Å²) in [6.07, 6.45) is 0.929. The number of thiophene rings is 1. The highest BCUT2D eigenvalue weighted by Gasteiger charge is 2.39. The van der Waals surface area contributed by atoms with Crippen molar-refractivity contribution >= 4 is 17.2 Å². The monoisotopic (exact) mass is 331 g/mol. The van der Waals surface area contributed by atoms with Crippen molar-refractivity contribution in [3.63, 3.8) is 0 Å². The molecule has 2 aliphatic heterocycles. The van der Waals surface area contributed by atoms with Crippen LogP contribution in [0.15, 0.2) is 17.5 Å². The van der Waals surface area contributed by atoms with Gasteiger partial charge < -0.3 is 9.88 Å². The van der Waals surface area contributed by atoms with Crippen molar-refractivity contribution < 1.29 is 4.79 Å². The molecule has 6 nitrogen and oxygen atoms in total. The molecule has 1 saturated heterocycles. The van der Waals surface area contributed by atoms with Crippen LogP contribution in [-0.2, 0) is 19.5 Å². The second-order valence-corrected chi connectivity index (χ2v) is 7.44. The zero-order valence-electron chi connectivity index (χ0n) is 13.2. The Balaban J connectivity index is 1.47. The topological polar surface area (TPSA) is 63.1 Å². The van der Waals surface area contributed by atoms with Gasteiger partial charge in [0.1, 0.15) is 5.82 Å². The zero-order valence-corrected chi connectivity index (χ0v) is 14.1. The first-order valence-corrected chi connectivity index (χ1v) is 9.07. The summed E-state index contributed by atoms with van der Waals surface area (Å²) in [4.78, 5) is 16.1. The van der Waals surface area contributed by atoms with E-state index in [2.05, 4.69) is 37.9 Å². The molecule has 2 aromatic heterocycles. The van der Waals surface area contributed by atoms with E-state index in [0.29, 0.717) is 24.2 Å². The number of nitrogens with zero attached hydrogens (tertiary/aromatic N) is 4. The number of carbonyl (C=O) groups excluding carboxylic acids is 1. The number of likely N-dealkylation sites (tertiary alicyclic amines) is 1. The van der Waals surface area contributed by atoms with E-state index in [-0.39, 0.29) is 5.91 Å². The second kappa shape index (κ2) is 6.05. The maximum Gasteiger partial charge on any atom is 0.289 e. The third-order valence-electron chi connectivity index (χ3n) is 4.84. The Morgan fingerprint density at radius 1 is 1.35 bits per heavy atom. The van der Waals surface area contributed by atoms with Crippen molar-refractivity contribution in [3.05, 3.63) is 34.0 Å². The lowest BCUT2D eigenvalue weighted by Gasteiger charge is -2.25. The van der Waals surface area contributed by atoms with Crippen LogP contribution in [-0.4, -0.2) is 45.2 Å². The van der Waals surface area contributed by atoms with E-state index < -0.39 is 0 Å². The smallest absolute Gasteiger partial charge is 0.289 e.